The maximum absolute atomic E-state index is 11.8. The van der Waals surface area contributed by atoms with Gasteiger partial charge in [0.25, 0.3) is 10.1 Å². The molecule has 0 spiro atoms. The third kappa shape index (κ3) is 2.74. The van der Waals surface area contributed by atoms with Crippen LogP contribution in [0.4, 0.5) is 0 Å². The summed E-state index contributed by atoms with van der Waals surface area (Å²) in [5.74, 6) is -0.741. The second kappa shape index (κ2) is 3.70. The molecule has 0 N–H and O–H groups in total. The minimum absolute atomic E-state index is 0.0131. The highest BCUT2D eigenvalue weighted by Crippen LogP contribution is 2.36. The largest absolute Gasteiger partial charge is 0.459 e. The van der Waals surface area contributed by atoms with Gasteiger partial charge in [0.1, 0.15) is 5.60 Å². The van der Waals surface area contributed by atoms with Crippen molar-refractivity contribution in [1.82, 2.24) is 0 Å². The van der Waals surface area contributed by atoms with E-state index >= 15 is 0 Å². The van der Waals surface area contributed by atoms with E-state index in [9.17, 15) is 13.2 Å². The van der Waals surface area contributed by atoms with E-state index in [-0.39, 0.29) is 6.61 Å². The van der Waals surface area contributed by atoms with Crippen LogP contribution in [0.5, 0.6) is 0 Å². The SMILES string of the molecule is CC(C)(C)OC(=O)[C@H]1C(C)(C)COS1(=O)=O. The molecule has 5 nitrogen and oxygen atoms in total. The van der Waals surface area contributed by atoms with E-state index in [4.69, 9.17) is 4.74 Å². The molecule has 16 heavy (non-hydrogen) atoms. The summed E-state index contributed by atoms with van der Waals surface area (Å²) in [5, 5.41) is -1.24. The van der Waals surface area contributed by atoms with Gasteiger partial charge in [0.05, 0.1) is 6.61 Å². The van der Waals surface area contributed by atoms with Gasteiger partial charge >= 0.3 is 5.97 Å². The van der Waals surface area contributed by atoms with Crippen molar-refractivity contribution in [1.29, 1.82) is 0 Å². The Kier molecular flexibility index (Phi) is 3.11. The fourth-order valence-corrected chi connectivity index (χ4v) is 3.30. The quantitative estimate of drug-likeness (QED) is 0.514. The van der Waals surface area contributed by atoms with Crippen LogP contribution in [0.2, 0.25) is 0 Å². The van der Waals surface area contributed by atoms with Gasteiger partial charge in [0.15, 0.2) is 5.25 Å². The van der Waals surface area contributed by atoms with Gasteiger partial charge in [-0.05, 0) is 20.8 Å². The number of hydrogen-bond acceptors (Lipinski definition) is 5. The van der Waals surface area contributed by atoms with Gasteiger partial charge in [-0.1, -0.05) is 13.8 Å². The van der Waals surface area contributed by atoms with Crippen molar-refractivity contribution in [3.63, 3.8) is 0 Å². The average Bonchev–Trinajstić information content (AvgIpc) is 2.16. The van der Waals surface area contributed by atoms with Crippen molar-refractivity contribution in [3.05, 3.63) is 0 Å². The normalized spacial score (nSPS) is 27.7. The molecule has 1 heterocycles. The Bertz CT molecular complexity index is 388. The van der Waals surface area contributed by atoms with E-state index in [1.165, 1.54) is 0 Å². The van der Waals surface area contributed by atoms with Gasteiger partial charge in [0.2, 0.25) is 0 Å². The topological polar surface area (TPSA) is 69.7 Å². The van der Waals surface area contributed by atoms with Crippen LogP contribution in [0.25, 0.3) is 0 Å². The minimum Gasteiger partial charge on any atom is -0.459 e. The smallest absolute Gasteiger partial charge is 0.328 e. The van der Waals surface area contributed by atoms with Gasteiger partial charge in [-0.25, -0.2) is 0 Å². The van der Waals surface area contributed by atoms with Crippen LogP contribution < -0.4 is 0 Å². The molecule has 1 aliphatic rings. The molecule has 0 aromatic rings. The minimum atomic E-state index is -3.84. The molecule has 0 saturated carbocycles. The zero-order valence-electron chi connectivity index (χ0n) is 10.2. The van der Waals surface area contributed by atoms with Crippen molar-refractivity contribution in [2.45, 2.75) is 45.5 Å². The van der Waals surface area contributed by atoms with Gasteiger partial charge in [-0.2, -0.15) is 8.42 Å². The molecule has 1 aliphatic heterocycles. The lowest BCUT2D eigenvalue weighted by molar-refractivity contribution is -0.156. The Balaban J connectivity index is 2.98. The van der Waals surface area contributed by atoms with E-state index in [2.05, 4.69) is 4.18 Å². The third-order valence-electron chi connectivity index (χ3n) is 2.21. The highest BCUT2D eigenvalue weighted by Gasteiger charge is 2.53. The van der Waals surface area contributed by atoms with Crippen LogP contribution in [-0.2, 0) is 23.8 Å². The van der Waals surface area contributed by atoms with Gasteiger partial charge in [-0.15, -0.1) is 0 Å². The zero-order valence-corrected chi connectivity index (χ0v) is 11.1. The molecule has 6 heteroatoms. The Labute approximate surface area is 96.2 Å². The second-order valence-corrected chi connectivity index (χ2v) is 7.35. The van der Waals surface area contributed by atoms with Crippen molar-refractivity contribution in [2.24, 2.45) is 5.41 Å². The maximum atomic E-state index is 11.8. The van der Waals surface area contributed by atoms with Crippen LogP contribution in [0.15, 0.2) is 0 Å². The lowest BCUT2D eigenvalue weighted by Crippen LogP contribution is -2.42. The van der Waals surface area contributed by atoms with Crippen molar-refractivity contribution >= 4 is 16.1 Å². The molecule has 0 unspecified atom stereocenters. The Morgan fingerprint density at radius 3 is 2.19 bits per heavy atom. The molecule has 0 amide bonds. The molecule has 0 aromatic carbocycles. The Morgan fingerprint density at radius 1 is 1.38 bits per heavy atom. The molecule has 1 rings (SSSR count). The summed E-state index contributed by atoms with van der Waals surface area (Å²) in [6, 6.07) is 0. The first-order valence-electron chi connectivity index (χ1n) is 5.07. The molecule has 94 valence electrons. The van der Waals surface area contributed by atoms with Gasteiger partial charge in [0, 0.05) is 5.41 Å². The number of carbonyl (C=O) groups is 1. The summed E-state index contributed by atoms with van der Waals surface area (Å²) in [6.07, 6.45) is 0. The molecule has 0 aromatic heterocycles. The Hall–Kier alpha value is -0.620. The zero-order chi connectivity index (χ0) is 12.8. The first-order valence-corrected chi connectivity index (χ1v) is 6.54. The standard InChI is InChI=1S/C10H18O5S/c1-9(2,3)15-8(11)7-10(4,5)6-14-16(7,12)13/h7H,6H2,1-5H3/t7-/m0/s1. The predicted molar refractivity (Wildman–Crippen MR) is 58.3 cm³/mol. The summed E-state index contributed by atoms with van der Waals surface area (Å²) in [5.41, 5.74) is -1.45. The lowest BCUT2D eigenvalue weighted by atomic mass is 9.90. The molecule has 1 fully saturated rings. The summed E-state index contributed by atoms with van der Waals surface area (Å²) in [6.45, 7) is 8.44. The third-order valence-corrected chi connectivity index (χ3v) is 4.07. The molecule has 0 aliphatic carbocycles. The van der Waals surface area contributed by atoms with Crippen molar-refractivity contribution < 1.29 is 22.1 Å². The summed E-state index contributed by atoms with van der Waals surface area (Å²) in [4.78, 5) is 11.8. The molecule has 0 bridgehead atoms. The predicted octanol–water partition coefficient (Wildman–Crippen LogP) is 1.08. The van der Waals surface area contributed by atoms with Crippen molar-refractivity contribution in [2.75, 3.05) is 6.61 Å². The fraction of sp³-hybridized carbons (Fsp3) is 0.900. The number of hydrogen-bond donors (Lipinski definition) is 0. The summed E-state index contributed by atoms with van der Waals surface area (Å²) in [7, 11) is -3.84. The first-order chi connectivity index (χ1) is 6.96. The highest BCUT2D eigenvalue weighted by molar-refractivity contribution is 7.88. The monoisotopic (exact) mass is 250 g/mol. The molecular formula is C10H18O5S. The van der Waals surface area contributed by atoms with Crippen LogP contribution in [0.1, 0.15) is 34.6 Å². The number of carbonyl (C=O) groups excluding carboxylic acids is 1. The van der Waals surface area contributed by atoms with E-state index in [1.54, 1.807) is 34.6 Å². The van der Waals surface area contributed by atoms with E-state index < -0.39 is 32.4 Å². The molecule has 1 saturated heterocycles. The number of rotatable bonds is 1. The van der Waals surface area contributed by atoms with Gasteiger partial charge < -0.3 is 4.74 Å². The number of ether oxygens (including phenoxy) is 1. The summed E-state index contributed by atoms with van der Waals surface area (Å²) >= 11 is 0. The highest BCUT2D eigenvalue weighted by atomic mass is 32.2. The molecular weight excluding hydrogens is 232 g/mol. The average molecular weight is 250 g/mol. The maximum Gasteiger partial charge on any atom is 0.328 e. The van der Waals surface area contributed by atoms with Crippen LogP contribution in [0, 0.1) is 5.41 Å². The fourth-order valence-electron chi connectivity index (χ4n) is 1.56. The van der Waals surface area contributed by atoms with Gasteiger partial charge in [-0.3, -0.25) is 8.98 Å². The van der Waals surface area contributed by atoms with E-state index in [1.807, 2.05) is 0 Å². The van der Waals surface area contributed by atoms with Crippen LogP contribution >= 0.6 is 0 Å². The Morgan fingerprint density at radius 2 is 1.88 bits per heavy atom. The molecule has 1 atom stereocenters. The second-order valence-electron chi connectivity index (χ2n) is 5.66. The molecule has 0 radical (unpaired) electrons. The van der Waals surface area contributed by atoms with E-state index in [0.717, 1.165) is 0 Å². The summed E-state index contributed by atoms with van der Waals surface area (Å²) < 4.78 is 32.9. The van der Waals surface area contributed by atoms with Crippen LogP contribution in [0.3, 0.4) is 0 Å². The van der Waals surface area contributed by atoms with E-state index in [0.29, 0.717) is 0 Å². The number of esters is 1. The first kappa shape index (κ1) is 13.4. The van der Waals surface area contributed by atoms with Crippen LogP contribution in [-0.4, -0.2) is 31.8 Å². The lowest BCUT2D eigenvalue weighted by Gasteiger charge is -2.26. The van der Waals surface area contributed by atoms with Crippen molar-refractivity contribution in [3.8, 4) is 0 Å².